The number of anilines is 1. The molecule has 0 bridgehead atoms. The quantitative estimate of drug-likeness (QED) is 0.669. The van der Waals surface area contributed by atoms with Crippen LogP contribution in [0.5, 0.6) is 0 Å². The molecule has 1 aliphatic carbocycles. The lowest BCUT2D eigenvalue weighted by Gasteiger charge is -2.32. The molecular weight excluding hydrogens is 242 g/mol. The van der Waals surface area contributed by atoms with Crippen molar-refractivity contribution in [3.63, 3.8) is 0 Å². The first-order chi connectivity index (χ1) is 9.06. The van der Waals surface area contributed by atoms with Gasteiger partial charge in [-0.15, -0.1) is 0 Å². The molecule has 1 saturated carbocycles. The van der Waals surface area contributed by atoms with Crippen LogP contribution < -0.4 is 10.6 Å². The topological polar surface area (TPSA) is 72.4 Å². The highest BCUT2D eigenvalue weighted by Gasteiger charge is 2.30. The molecule has 1 aliphatic rings. The summed E-state index contributed by atoms with van der Waals surface area (Å²) in [6.45, 7) is 2.50. The van der Waals surface area contributed by atoms with E-state index in [4.69, 9.17) is 5.73 Å². The maximum Gasteiger partial charge on any atom is 0.274 e. The average Bonchev–Trinajstić information content (AvgIpc) is 2.86. The lowest BCUT2D eigenvalue weighted by Crippen LogP contribution is -2.38. The maximum atomic E-state index is 11.0. The summed E-state index contributed by atoms with van der Waals surface area (Å²) in [6, 6.07) is 5.66. The zero-order valence-electron chi connectivity index (χ0n) is 11.5. The average molecular weight is 263 g/mol. The first-order valence-electron chi connectivity index (χ1n) is 6.73. The number of benzene rings is 1. The molecule has 0 saturated heterocycles. The van der Waals surface area contributed by atoms with Gasteiger partial charge < -0.3 is 10.6 Å². The Labute approximate surface area is 113 Å². The van der Waals surface area contributed by atoms with Gasteiger partial charge >= 0.3 is 0 Å². The van der Waals surface area contributed by atoms with Crippen molar-refractivity contribution in [2.45, 2.75) is 32.2 Å². The highest BCUT2D eigenvalue weighted by Crippen LogP contribution is 2.35. The minimum atomic E-state index is -0.318. The van der Waals surface area contributed by atoms with Gasteiger partial charge in [0.25, 0.3) is 5.69 Å². The normalized spacial score (nSPS) is 22.5. The van der Waals surface area contributed by atoms with Crippen molar-refractivity contribution in [2.75, 3.05) is 18.5 Å². The van der Waals surface area contributed by atoms with E-state index in [1.54, 1.807) is 12.1 Å². The minimum Gasteiger partial charge on any atom is -0.371 e. The lowest BCUT2D eigenvalue weighted by atomic mass is 10.0. The zero-order valence-corrected chi connectivity index (χ0v) is 11.5. The Kier molecular flexibility index (Phi) is 4.04. The fourth-order valence-corrected chi connectivity index (χ4v) is 3.17. The van der Waals surface area contributed by atoms with Crippen LogP contribution in [0.2, 0.25) is 0 Å². The number of nitro benzene ring substituents is 1. The summed E-state index contributed by atoms with van der Waals surface area (Å²) in [6.07, 6.45) is 3.45. The van der Waals surface area contributed by atoms with E-state index in [1.807, 2.05) is 20.0 Å². The van der Waals surface area contributed by atoms with E-state index in [0.717, 1.165) is 24.1 Å². The van der Waals surface area contributed by atoms with Crippen LogP contribution in [0.4, 0.5) is 11.4 Å². The summed E-state index contributed by atoms with van der Waals surface area (Å²) in [5.74, 6) is 0.490. The predicted molar refractivity (Wildman–Crippen MR) is 76.4 cm³/mol. The Morgan fingerprint density at radius 2 is 2.21 bits per heavy atom. The van der Waals surface area contributed by atoms with Gasteiger partial charge in [-0.05, 0) is 38.3 Å². The number of hydrogen-bond donors (Lipinski definition) is 1. The third kappa shape index (κ3) is 2.56. The van der Waals surface area contributed by atoms with Crippen LogP contribution in [0.3, 0.4) is 0 Å². The van der Waals surface area contributed by atoms with Crippen molar-refractivity contribution in [1.29, 1.82) is 0 Å². The molecule has 0 spiro atoms. The predicted octanol–water partition coefficient (Wildman–Crippen LogP) is 2.47. The van der Waals surface area contributed by atoms with Crippen LogP contribution in [0.1, 0.15) is 24.8 Å². The summed E-state index contributed by atoms with van der Waals surface area (Å²) in [7, 11) is 2.02. The van der Waals surface area contributed by atoms with E-state index < -0.39 is 0 Å². The zero-order chi connectivity index (χ0) is 14.0. The number of hydrogen-bond acceptors (Lipinski definition) is 4. The summed E-state index contributed by atoms with van der Waals surface area (Å²) in [5.41, 5.74) is 7.69. The molecule has 5 heteroatoms. The Balaban J connectivity index is 2.31. The smallest absolute Gasteiger partial charge is 0.274 e. The maximum absolute atomic E-state index is 11.0. The number of nitrogens with zero attached hydrogens (tertiary/aromatic N) is 2. The molecule has 0 aliphatic heterocycles. The molecule has 0 amide bonds. The van der Waals surface area contributed by atoms with Crippen LogP contribution >= 0.6 is 0 Å². The van der Waals surface area contributed by atoms with E-state index in [-0.39, 0.29) is 10.6 Å². The van der Waals surface area contributed by atoms with Crippen molar-refractivity contribution >= 4 is 11.4 Å². The summed E-state index contributed by atoms with van der Waals surface area (Å²) >= 11 is 0. The molecule has 1 aromatic carbocycles. The summed E-state index contributed by atoms with van der Waals surface area (Å²) in [5, 5.41) is 11.0. The van der Waals surface area contributed by atoms with Gasteiger partial charge in [-0.3, -0.25) is 10.1 Å². The van der Waals surface area contributed by atoms with Gasteiger partial charge in [-0.2, -0.15) is 0 Å². The van der Waals surface area contributed by atoms with E-state index in [1.165, 1.54) is 6.42 Å². The monoisotopic (exact) mass is 263 g/mol. The Hall–Kier alpha value is -1.62. The summed E-state index contributed by atoms with van der Waals surface area (Å²) in [4.78, 5) is 12.9. The molecule has 2 N–H and O–H groups in total. The largest absolute Gasteiger partial charge is 0.371 e. The van der Waals surface area contributed by atoms with Gasteiger partial charge in [-0.1, -0.05) is 12.5 Å². The van der Waals surface area contributed by atoms with Crippen LogP contribution in [-0.4, -0.2) is 24.6 Å². The van der Waals surface area contributed by atoms with E-state index in [9.17, 15) is 10.1 Å². The molecule has 2 atom stereocenters. The van der Waals surface area contributed by atoms with Crippen molar-refractivity contribution in [1.82, 2.24) is 0 Å². The van der Waals surface area contributed by atoms with Crippen LogP contribution in [0, 0.1) is 23.0 Å². The Bertz CT molecular complexity index is 476. The van der Waals surface area contributed by atoms with Crippen molar-refractivity contribution in [3.05, 3.63) is 33.9 Å². The van der Waals surface area contributed by atoms with Crippen molar-refractivity contribution in [3.8, 4) is 0 Å². The fraction of sp³-hybridized carbons (Fsp3) is 0.571. The fourth-order valence-electron chi connectivity index (χ4n) is 3.17. The number of nitrogens with two attached hydrogens (primary N) is 1. The van der Waals surface area contributed by atoms with Gasteiger partial charge in [-0.25, -0.2) is 0 Å². The van der Waals surface area contributed by atoms with Crippen molar-refractivity contribution in [2.24, 2.45) is 11.7 Å². The van der Waals surface area contributed by atoms with Crippen LogP contribution in [-0.2, 0) is 0 Å². The van der Waals surface area contributed by atoms with E-state index in [2.05, 4.69) is 4.90 Å². The van der Waals surface area contributed by atoms with Crippen molar-refractivity contribution < 1.29 is 4.92 Å². The number of rotatable bonds is 4. The molecule has 2 unspecified atom stereocenters. The number of nitro groups is 1. The molecule has 0 aromatic heterocycles. The second-order valence-corrected chi connectivity index (χ2v) is 5.28. The molecule has 2 rings (SSSR count). The van der Waals surface area contributed by atoms with Gasteiger partial charge in [0.15, 0.2) is 0 Å². The molecule has 1 aromatic rings. The van der Waals surface area contributed by atoms with E-state index >= 15 is 0 Å². The first kappa shape index (κ1) is 13.8. The summed E-state index contributed by atoms with van der Waals surface area (Å²) < 4.78 is 0. The molecule has 104 valence electrons. The molecular formula is C14H21N3O2. The second kappa shape index (κ2) is 5.57. The van der Waals surface area contributed by atoms with Gasteiger partial charge in [0, 0.05) is 24.8 Å². The van der Waals surface area contributed by atoms with Crippen LogP contribution in [0.25, 0.3) is 0 Å². The highest BCUT2D eigenvalue weighted by molar-refractivity contribution is 5.61. The Morgan fingerprint density at radius 1 is 1.47 bits per heavy atom. The van der Waals surface area contributed by atoms with E-state index in [0.29, 0.717) is 18.5 Å². The molecule has 0 radical (unpaired) electrons. The molecule has 5 nitrogen and oxygen atoms in total. The SMILES string of the molecule is Cc1c(N(C)C2CCCC2CN)cccc1[N+](=O)[O-]. The van der Waals surface area contributed by atoms with Crippen LogP contribution in [0.15, 0.2) is 18.2 Å². The standard InChI is InChI=1S/C14H21N3O2/c1-10-12(6-4-7-13(10)17(18)19)16(2)14-8-3-5-11(14)9-15/h4,6-7,11,14H,3,5,8-9,15H2,1-2H3. The first-order valence-corrected chi connectivity index (χ1v) is 6.73. The highest BCUT2D eigenvalue weighted by atomic mass is 16.6. The lowest BCUT2D eigenvalue weighted by molar-refractivity contribution is -0.385. The Morgan fingerprint density at radius 3 is 2.84 bits per heavy atom. The minimum absolute atomic E-state index is 0.187. The van der Waals surface area contributed by atoms with Gasteiger partial charge in [0.2, 0.25) is 0 Å². The molecule has 19 heavy (non-hydrogen) atoms. The van der Waals surface area contributed by atoms with Gasteiger partial charge in [0.1, 0.15) is 0 Å². The second-order valence-electron chi connectivity index (χ2n) is 5.28. The third-order valence-corrected chi connectivity index (χ3v) is 4.27. The third-order valence-electron chi connectivity index (χ3n) is 4.27. The van der Waals surface area contributed by atoms with Gasteiger partial charge in [0.05, 0.1) is 10.5 Å². The molecule has 0 heterocycles. The molecule has 1 fully saturated rings.